The molecule has 5 heteroatoms. The zero-order valence-corrected chi connectivity index (χ0v) is 14.7. The summed E-state index contributed by atoms with van der Waals surface area (Å²) in [7, 11) is -3.34. The normalized spacial score (nSPS) is 17.4. The van der Waals surface area contributed by atoms with Crippen LogP contribution in [0.15, 0.2) is 53.4 Å². The lowest BCUT2D eigenvalue weighted by molar-refractivity contribution is -0.133. The van der Waals surface area contributed by atoms with Gasteiger partial charge in [-0.1, -0.05) is 42.5 Å². The van der Waals surface area contributed by atoms with E-state index in [1.54, 1.807) is 24.3 Å². The molecule has 1 amide bonds. The Morgan fingerprint density at radius 1 is 1.08 bits per heavy atom. The highest BCUT2D eigenvalue weighted by atomic mass is 32.2. The number of carbonyl (C=O) groups is 1. The quantitative estimate of drug-likeness (QED) is 0.861. The standard InChI is InChI=1S/C19H21NO3S/c1-14-11-15-7-3-4-9-17(15)13-20(14)19(21)12-16-8-5-6-10-18(16)24(2,22)23/h3-10,14H,11-13H2,1-2H3/t14-/m0/s1. The molecule has 1 aliphatic heterocycles. The molecule has 4 nitrogen and oxygen atoms in total. The lowest BCUT2D eigenvalue weighted by Gasteiger charge is -2.35. The van der Waals surface area contributed by atoms with Gasteiger partial charge in [-0.2, -0.15) is 0 Å². The number of fused-ring (bicyclic) bond motifs is 1. The highest BCUT2D eigenvalue weighted by Gasteiger charge is 2.27. The van der Waals surface area contributed by atoms with Gasteiger partial charge in [-0.25, -0.2) is 8.42 Å². The van der Waals surface area contributed by atoms with Crippen LogP contribution in [0.4, 0.5) is 0 Å². The predicted octanol–water partition coefficient (Wildman–Crippen LogP) is 2.61. The van der Waals surface area contributed by atoms with E-state index in [2.05, 4.69) is 6.07 Å². The zero-order valence-electron chi connectivity index (χ0n) is 13.9. The first-order valence-corrected chi connectivity index (χ1v) is 9.89. The molecule has 24 heavy (non-hydrogen) atoms. The number of nitrogens with zero attached hydrogens (tertiary/aromatic N) is 1. The van der Waals surface area contributed by atoms with Crippen molar-refractivity contribution in [3.63, 3.8) is 0 Å². The first kappa shape index (κ1) is 16.7. The fourth-order valence-electron chi connectivity index (χ4n) is 3.29. The molecule has 0 radical (unpaired) electrons. The second-order valence-corrected chi connectivity index (χ2v) is 8.38. The molecule has 1 heterocycles. The summed E-state index contributed by atoms with van der Waals surface area (Å²) in [6, 6.07) is 15.0. The van der Waals surface area contributed by atoms with Gasteiger partial charge in [0.2, 0.25) is 5.91 Å². The van der Waals surface area contributed by atoms with E-state index in [1.165, 1.54) is 17.4 Å². The van der Waals surface area contributed by atoms with Crippen LogP contribution in [0.1, 0.15) is 23.6 Å². The monoisotopic (exact) mass is 343 g/mol. The topological polar surface area (TPSA) is 54.5 Å². The Hall–Kier alpha value is -2.14. The number of sulfone groups is 1. The van der Waals surface area contributed by atoms with Crippen LogP contribution < -0.4 is 0 Å². The minimum Gasteiger partial charge on any atom is -0.335 e. The smallest absolute Gasteiger partial charge is 0.227 e. The average molecular weight is 343 g/mol. The summed E-state index contributed by atoms with van der Waals surface area (Å²) >= 11 is 0. The Labute approximate surface area is 143 Å². The van der Waals surface area contributed by atoms with Crippen molar-refractivity contribution in [1.29, 1.82) is 0 Å². The number of amides is 1. The van der Waals surface area contributed by atoms with Crippen molar-refractivity contribution >= 4 is 15.7 Å². The maximum absolute atomic E-state index is 12.8. The largest absolute Gasteiger partial charge is 0.335 e. The summed E-state index contributed by atoms with van der Waals surface area (Å²) in [5.74, 6) is -0.0342. The maximum Gasteiger partial charge on any atom is 0.227 e. The molecule has 0 unspecified atom stereocenters. The highest BCUT2D eigenvalue weighted by Crippen LogP contribution is 2.24. The molecule has 1 atom stereocenters. The number of carbonyl (C=O) groups excluding carboxylic acids is 1. The molecule has 0 saturated heterocycles. The molecule has 0 aromatic heterocycles. The molecular weight excluding hydrogens is 322 g/mol. The third-order valence-corrected chi connectivity index (χ3v) is 5.74. The summed E-state index contributed by atoms with van der Waals surface area (Å²) in [5.41, 5.74) is 3.02. The van der Waals surface area contributed by atoms with Gasteiger partial charge in [0.25, 0.3) is 0 Å². The van der Waals surface area contributed by atoms with Crippen LogP contribution in [-0.2, 0) is 34.0 Å². The van der Waals surface area contributed by atoms with Crippen molar-refractivity contribution in [2.45, 2.75) is 37.2 Å². The molecule has 2 aromatic rings. The predicted molar refractivity (Wildman–Crippen MR) is 93.4 cm³/mol. The fraction of sp³-hybridized carbons (Fsp3) is 0.316. The van der Waals surface area contributed by atoms with Crippen LogP contribution in [0.5, 0.6) is 0 Å². The lowest BCUT2D eigenvalue weighted by Crippen LogP contribution is -2.43. The van der Waals surface area contributed by atoms with Gasteiger partial charge < -0.3 is 4.90 Å². The van der Waals surface area contributed by atoms with Crippen LogP contribution in [-0.4, -0.2) is 31.5 Å². The van der Waals surface area contributed by atoms with Crippen LogP contribution in [0.2, 0.25) is 0 Å². The first-order chi connectivity index (χ1) is 11.4. The van der Waals surface area contributed by atoms with Gasteiger partial charge in [0.1, 0.15) is 0 Å². The van der Waals surface area contributed by atoms with Gasteiger partial charge in [-0.15, -0.1) is 0 Å². The van der Waals surface area contributed by atoms with E-state index in [0.29, 0.717) is 12.1 Å². The minimum absolute atomic E-state index is 0.0342. The Morgan fingerprint density at radius 3 is 2.42 bits per heavy atom. The Morgan fingerprint density at radius 2 is 1.71 bits per heavy atom. The zero-order chi connectivity index (χ0) is 17.3. The van der Waals surface area contributed by atoms with Gasteiger partial charge in [-0.05, 0) is 36.1 Å². The summed E-state index contributed by atoms with van der Waals surface area (Å²) in [5, 5.41) is 0. The van der Waals surface area contributed by atoms with Crippen molar-refractivity contribution in [3.8, 4) is 0 Å². The van der Waals surface area contributed by atoms with E-state index in [9.17, 15) is 13.2 Å². The van der Waals surface area contributed by atoms with Gasteiger partial charge in [-0.3, -0.25) is 4.79 Å². The summed E-state index contributed by atoms with van der Waals surface area (Å²) in [6.45, 7) is 2.62. The molecule has 3 rings (SSSR count). The van der Waals surface area contributed by atoms with Gasteiger partial charge in [0.05, 0.1) is 11.3 Å². The van der Waals surface area contributed by atoms with E-state index in [-0.39, 0.29) is 23.3 Å². The molecule has 2 aromatic carbocycles. The summed E-state index contributed by atoms with van der Waals surface area (Å²) in [4.78, 5) is 14.9. The average Bonchev–Trinajstić information content (AvgIpc) is 2.53. The number of hydrogen-bond acceptors (Lipinski definition) is 3. The Bertz CT molecular complexity index is 874. The minimum atomic E-state index is -3.34. The van der Waals surface area contributed by atoms with Crippen LogP contribution in [0.25, 0.3) is 0 Å². The number of rotatable bonds is 3. The SMILES string of the molecule is C[C@H]1Cc2ccccc2CN1C(=O)Cc1ccccc1S(C)(=O)=O. The number of benzene rings is 2. The van der Waals surface area contributed by atoms with E-state index in [4.69, 9.17) is 0 Å². The van der Waals surface area contributed by atoms with Crippen LogP contribution in [0, 0.1) is 0 Å². The molecule has 0 aliphatic carbocycles. The van der Waals surface area contributed by atoms with Crippen molar-refractivity contribution in [2.75, 3.05) is 6.26 Å². The third kappa shape index (κ3) is 3.36. The Kier molecular flexibility index (Phi) is 4.45. The van der Waals surface area contributed by atoms with E-state index >= 15 is 0 Å². The molecule has 126 valence electrons. The maximum atomic E-state index is 12.8. The van der Waals surface area contributed by atoms with Crippen LogP contribution in [0.3, 0.4) is 0 Å². The van der Waals surface area contributed by atoms with E-state index < -0.39 is 9.84 Å². The highest BCUT2D eigenvalue weighted by molar-refractivity contribution is 7.90. The second-order valence-electron chi connectivity index (χ2n) is 6.40. The second kappa shape index (κ2) is 6.40. The molecule has 0 saturated carbocycles. The molecule has 0 fully saturated rings. The first-order valence-electron chi connectivity index (χ1n) is 8.00. The van der Waals surface area contributed by atoms with E-state index in [0.717, 1.165) is 6.42 Å². The van der Waals surface area contributed by atoms with Gasteiger partial charge in [0.15, 0.2) is 9.84 Å². The van der Waals surface area contributed by atoms with Crippen molar-refractivity contribution in [3.05, 3.63) is 65.2 Å². The fourth-order valence-corrected chi connectivity index (χ4v) is 4.23. The molecule has 1 aliphatic rings. The number of hydrogen-bond donors (Lipinski definition) is 0. The van der Waals surface area contributed by atoms with Crippen molar-refractivity contribution in [1.82, 2.24) is 4.90 Å². The third-order valence-electron chi connectivity index (χ3n) is 4.54. The molecule has 0 bridgehead atoms. The van der Waals surface area contributed by atoms with Crippen molar-refractivity contribution in [2.24, 2.45) is 0 Å². The Balaban J connectivity index is 1.84. The molecule has 0 spiro atoms. The van der Waals surface area contributed by atoms with Gasteiger partial charge >= 0.3 is 0 Å². The van der Waals surface area contributed by atoms with E-state index in [1.807, 2.05) is 30.0 Å². The molecular formula is C19H21NO3S. The van der Waals surface area contributed by atoms with Gasteiger partial charge in [0, 0.05) is 18.8 Å². The summed E-state index contributed by atoms with van der Waals surface area (Å²) < 4.78 is 23.8. The van der Waals surface area contributed by atoms with Crippen LogP contribution >= 0.6 is 0 Å². The summed E-state index contributed by atoms with van der Waals surface area (Å²) in [6.07, 6.45) is 2.11. The lowest BCUT2D eigenvalue weighted by atomic mass is 9.94. The van der Waals surface area contributed by atoms with Crippen molar-refractivity contribution < 1.29 is 13.2 Å². The molecule has 0 N–H and O–H groups in total.